The predicted octanol–water partition coefficient (Wildman–Crippen LogP) is 4.24. The van der Waals surface area contributed by atoms with Crippen molar-refractivity contribution in [3.63, 3.8) is 0 Å². The van der Waals surface area contributed by atoms with Gasteiger partial charge in [0.2, 0.25) is 0 Å². The Bertz CT molecular complexity index is 1310. The van der Waals surface area contributed by atoms with E-state index in [1.54, 1.807) is 79.7 Å². The number of hydrogen-bond donors (Lipinski definition) is 3. The smallest absolute Gasteiger partial charge is 0.356 e. The van der Waals surface area contributed by atoms with E-state index in [0.717, 1.165) is 0 Å². The average Bonchev–Trinajstić information content (AvgIpc) is 3.25. The molecule has 0 saturated carbocycles. The van der Waals surface area contributed by atoms with Crippen LogP contribution in [0, 0.1) is 0 Å². The molecule has 0 bridgehead atoms. The first kappa shape index (κ1) is 23.8. The van der Waals surface area contributed by atoms with Gasteiger partial charge in [0.05, 0.1) is 32.0 Å². The van der Waals surface area contributed by atoms with Crippen molar-refractivity contribution < 1.29 is 28.9 Å². The maximum atomic E-state index is 13.8. The summed E-state index contributed by atoms with van der Waals surface area (Å²) in [6.45, 7) is 1.83. The molecule has 0 radical (unpaired) electrons. The summed E-state index contributed by atoms with van der Waals surface area (Å²) in [6.07, 6.45) is 0. The molecule has 4 rings (SSSR count). The summed E-state index contributed by atoms with van der Waals surface area (Å²) in [4.78, 5) is 29.6. The van der Waals surface area contributed by atoms with Crippen LogP contribution in [0.2, 0.25) is 0 Å². The lowest BCUT2D eigenvalue weighted by Crippen LogP contribution is -2.41. The fraction of sp³-hybridized carbons (Fsp3) is 0.185. The summed E-state index contributed by atoms with van der Waals surface area (Å²) in [5.41, 5.74) is -0.567. The molecular weight excluding hydrogens is 448 g/mol. The van der Waals surface area contributed by atoms with Gasteiger partial charge in [0.25, 0.3) is 5.91 Å². The third-order valence-electron chi connectivity index (χ3n) is 5.73. The van der Waals surface area contributed by atoms with E-state index in [-0.39, 0.29) is 18.0 Å². The third-order valence-corrected chi connectivity index (χ3v) is 5.73. The summed E-state index contributed by atoms with van der Waals surface area (Å²) in [7, 11) is 2.99. The van der Waals surface area contributed by atoms with Crippen LogP contribution in [0.5, 0.6) is 11.5 Å². The number of carbonyl (C=O) groups excluding carboxylic acids is 2. The van der Waals surface area contributed by atoms with Gasteiger partial charge in [-0.25, -0.2) is 4.79 Å². The van der Waals surface area contributed by atoms with Crippen molar-refractivity contribution in [2.45, 2.75) is 12.5 Å². The van der Waals surface area contributed by atoms with Gasteiger partial charge in [-0.1, -0.05) is 60.7 Å². The molecule has 1 aromatic heterocycles. The van der Waals surface area contributed by atoms with Crippen LogP contribution >= 0.6 is 0 Å². The molecule has 35 heavy (non-hydrogen) atoms. The number of H-pyrrole nitrogens is 1. The Hall–Kier alpha value is -4.30. The number of aliphatic hydroxyl groups is 1. The van der Waals surface area contributed by atoms with Crippen LogP contribution in [-0.2, 0) is 15.1 Å². The summed E-state index contributed by atoms with van der Waals surface area (Å²) < 4.78 is 16.0. The largest absolute Gasteiger partial charge is 0.493 e. The number of nitrogens with one attached hydrogen (secondary N) is 2. The second-order valence-corrected chi connectivity index (χ2v) is 7.74. The molecule has 1 heterocycles. The van der Waals surface area contributed by atoms with Gasteiger partial charge >= 0.3 is 5.97 Å². The van der Waals surface area contributed by atoms with Crippen LogP contribution in [0.3, 0.4) is 0 Å². The molecule has 0 unspecified atom stereocenters. The van der Waals surface area contributed by atoms with Gasteiger partial charge in [0, 0.05) is 11.5 Å². The number of aromatic amines is 1. The topological polar surface area (TPSA) is 110 Å². The molecule has 8 heteroatoms. The van der Waals surface area contributed by atoms with Crippen LogP contribution in [0.25, 0.3) is 10.9 Å². The second-order valence-electron chi connectivity index (χ2n) is 7.74. The number of esters is 1. The number of benzene rings is 3. The highest BCUT2D eigenvalue weighted by molar-refractivity contribution is 6.13. The van der Waals surface area contributed by atoms with Gasteiger partial charge < -0.3 is 29.6 Å². The minimum absolute atomic E-state index is 0.0361. The van der Waals surface area contributed by atoms with E-state index in [9.17, 15) is 14.7 Å². The minimum atomic E-state index is -2.03. The molecule has 4 aromatic rings. The van der Waals surface area contributed by atoms with E-state index in [0.29, 0.717) is 33.5 Å². The van der Waals surface area contributed by atoms with Crippen LogP contribution in [0.4, 0.5) is 5.69 Å². The maximum absolute atomic E-state index is 13.8. The number of hydrogen-bond acceptors (Lipinski definition) is 6. The van der Waals surface area contributed by atoms with Crippen molar-refractivity contribution in [3.8, 4) is 11.5 Å². The maximum Gasteiger partial charge on any atom is 0.356 e. The number of methoxy groups -OCH3 is 2. The van der Waals surface area contributed by atoms with Crippen LogP contribution in [-0.4, -0.2) is 42.8 Å². The van der Waals surface area contributed by atoms with Crippen molar-refractivity contribution in [1.29, 1.82) is 0 Å². The lowest BCUT2D eigenvalue weighted by molar-refractivity contribution is -0.131. The van der Waals surface area contributed by atoms with Gasteiger partial charge in [-0.3, -0.25) is 4.79 Å². The monoisotopic (exact) mass is 474 g/mol. The highest BCUT2D eigenvalue weighted by atomic mass is 16.5. The molecule has 180 valence electrons. The van der Waals surface area contributed by atoms with Gasteiger partial charge in [0.15, 0.2) is 17.1 Å². The Labute approximate surface area is 202 Å². The Balaban J connectivity index is 1.88. The molecule has 0 atom stereocenters. The number of amides is 1. The zero-order valence-electron chi connectivity index (χ0n) is 19.6. The minimum Gasteiger partial charge on any atom is -0.493 e. The first-order valence-corrected chi connectivity index (χ1v) is 11.0. The highest BCUT2D eigenvalue weighted by Gasteiger charge is 2.41. The number of carbonyl (C=O) groups is 2. The quantitative estimate of drug-likeness (QED) is 0.330. The van der Waals surface area contributed by atoms with Crippen molar-refractivity contribution in [3.05, 3.63) is 89.6 Å². The Morgan fingerprint density at radius 1 is 0.914 bits per heavy atom. The highest BCUT2D eigenvalue weighted by Crippen LogP contribution is 2.39. The lowest BCUT2D eigenvalue weighted by Gasteiger charge is -2.28. The van der Waals surface area contributed by atoms with E-state index >= 15 is 0 Å². The number of aromatic nitrogens is 1. The molecule has 0 aliphatic carbocycles. The fourth-order valence-electron chi connectivity index (χ4n) is 4.00. The zero-order chi connectivity index (χ0) is 25.0. The average molecular weight is 475 g/mol. The van der Waals surface area contributed by atoms with E-state index < -0.39 is 17.5 Å². The van der Waals surface area contributed by atoms with Crippen molar-refractivity contribution in [1.82, 2.24) is 4.98 Å². The van der Waals surface area contributed by atoms with Crippen LogP contribution < -0.4 is 14.8 Å². The molecule has 8 nitrogen and oxygen atoms in total. The fourth-order valence-corrected chi connectivity index (χ4v) is 4.00. The summed E-state index contributed by atoms with van der Waals surface area (Å²) in [6, 6.07) is 20.5. The summed E-state index contributed by atoms with van der Waals surface area (Å²) in [5.74, 6) is -0.540. The predicted molar refractivity (Wildman–Crippen MR) is 132 cm³/mol. The van der Waals surface area contributed by atoms with E-state index in [1.807, 2.05) is 0 Å². The molecule has 3 N–H and O–H groups in total. The van der Waals surface area contributed by atoms with Gasteiger partial charge in [-0.15, -0.1) is 0 Å². The number of rotatable bonds is 8. The zero-order valence-corrected chi connectivity index (χ0v) is 19.6. The van der Waals surface area contributed by atoms with Gasteiger partial charge in [-0.2, -0.15) is 0 Å². The van der Waals surface area contributed by atoms with Gasteiger partial charge in [-0.05, 0) is 24.1 Å². The number of anilines is 1. The molecule has 0 aliphatic rings. The second kappa shape index (κ2) is 9.90. The van der Waals surface area contributed by atoms with Crippen molar-refractivity contribution in [2.24, 2.45) is 0 Å². The first-order chi connectivity index (χ1) is 16.9. The Kier molecular flexibility index (Phi) is 6.75. The van der Waals surface area contributed by atoms with E-state index in [1.165, 1.54) is 14.2 Å². The van der Waals surface area contributed by atoms with E-state index in [2.05, 4.69) is 10.3 Å². The normalized spacial score (nSPS) is 11.2. The molecule has 1 amide bonds. The number of ether oxygens (including phenoxy) is 3. The molecule has 0 fully saturated rings. The molecule has 0 saturated heterocycles. The standard InChI is InChI=1S/C27H26N2O6/c1-4-35-25(30)24-23(19-15-21(33-2)22(34-3)16-20(19)28-24)29-26(31)27(32,17-11-7-5-8-12-17)18-13-9-6-10-14-18/h5-16,28,32H,4H2,1-3H3,(H,29,31). The lowest BCUT2D eigenvalue weighted by atomic mass is 9.85. The summed E-state index contributed by atoms with van der Waals surface area (Å²) >= 11 is 0. The SMILES string of the molecule is CCOC(=O)c1[nH]c2cc(OC)c(OC)cc2c1NC(=O)C(O)(c1ccccc1)c1ccccc1. The Morgan fingerprint density at radius 3 is 1.97 bits per heavy atom. The third kappa shape index (κ3) is 4.31. The molecule has 3 aromatic carbocycles. The summed E-state index contributed by atoms with van der Waals surface area (Å²) in [5, 5.41) is 15.1. The molecular formula is C27H26N2O6. The molecule has 0 spiro atoms. The molecule has 0 aliphatic heterocycles. The first-order valence-electron chi connectivity index (χ1n) is 11.0. The van der Waals surface area contributed by atoms with E-state index in [4.69, 9.17) is 14.2 Å². The van der Waals surface area contributed by atoms with Crippen LogP contribution in [0.1, 0.15) is 28.5 Å². The van der Waals surface area contributed by atoms with Crippen molar-refractivity contribution in [2.75, 3.05) is 26.1 Å². The van der Waals surface area contributed by atoms with Crippen LogP contribution in [0.15, 0.2) is 72.8 Å². The Morgan fingerprint density at radius 2 is 1.46 bits per heavy atom. The number of fused-ring (bicyclic) bond motifs is 1. The van der Waals surface area contributed by atoms with Gasteiger partial charge in [0.1, 0.15) is 5.69 Å². The van der Waals surface area contributed by atoms with Crippen molar-refractivity contribution >= 4 is 28.5 Å².